The molecule has 1 aromatic carbocycles. The quantitative estimate of drug-likeness (QED) is 0.600. The Morgan fingerprint density at radius 3 is 2.75 bits per heavy atom. The molecule has 0 fully saturated rings. The van der Waals surface area contributed by atoms with Crippen LogP contribution in [-0.2, 0) is 11.5 Å². The molecule has 0 saturated carbocycles. The molecular formula is C13H17BrFNO3Si. The summed E-state index contributed by atoms with van der Waals surface area (Å²) in [5.74, 6) is -1.11. The van der Waals surface area contributed by atoms with Gasteiger partial charge in [0.15, 0.2) is 11.4 Å². The van der Waals surface area contributed by atoms with Crippen molar-refractivity contribution in [3.05, 3.63) is 33.0 Å². The molecule has 0 aliphatic carbocycles. The van der Waals surface area contributed by atoms with Crippen LogP contribution >= 0.6 is 15.9 Å². The molecule has 0 radical (unpaired) electrons. The fourth-order valence-electron chi connectivity index (χ4n) is 1.76. The Hall–Kier alpha value is -0.923. The van der Waals surface area contributed by atoms with Gasteiger partial charge in [-0.15, -0.1) is 0 Å². The molecule has 0 N–H and O–H groups in total. The van der Waals surface area contributed by atoms with Crippen LogP contribution in [0.25, 0.3) is 11.1 Å². The molecule has 1 aromatic heterocycles. The van der Waals surface area contributed by atoms with Crippen molar-refractivity contribution in [1.29, 1.82) is 0 Å². The summed E-state index contributed by atoms with van der Waals surface area (Å²) in [4.78, 5) is 11.8. The summed E-state index contributed by atoms with van der Waals surface area (Å²) in [6.45, 7) is 7.29. The molecule has 1 heterocycles. The van der Waals surface area contributed by atoms with Crippen LogP contribution in [0.5, 0.6) is 0 Å². The van der Waals surface area contributed by atoms with Gasteiger partial charge in [-0.05, 0) is 34.1 Å². The highest BCUT2D eigenvalue weighted by Crippen LogP contribution is 2.25. The first-order chi connectivity index (χ1) is 9.29. The Balaban J connectivity index is 2.20. The predicted molar refractivity (Wildman–Crippen MR) is 82.2 cm³/mol. The van der Waals surface area contributed by atoms with E-state index >= 15 is 0 Å². The van der Waals surface area contributed by atoms with Gasteiger partial charge < -0.3 is 9.15 Å². The van der Waals surface area contributed by atoms with E-state index in [1.807, 2.05) is 0 Å². The molecule has 0 aliphatic rings. The molecule has 2 rings (SSSR count). The van der Waals surface area contributed by atoms with Crippen LogP contribution in [-0.4, -0.2) is 19.2 Å². The van der Waals surface area contributed by atoms with Crippen LogP contribution in [0, 0.1) is 5.82 Å². The van der Waals surface area contributed by atoms with Gasteiger partial charge in [-0.2, -0.15) is 0 Å². The minimum absolute atomic E-state index is 0.00366. The lowest BCUT2D eigenvalue weighted by Gasteiger charge is -2.15. The second kappa shape index (κ2) is 5.83. The van der Waals surface area contributed by atoms with E-state index in [0.717, 1.165) is 6.04 Å². The minimum atomic E-state index is -1.18. The van der Waals surface area contributed by atoms with Crippen molar-refractivity contribution < 1.29 is 13.5 Å². The van der Waals surface area contributed by atoms with Gasteiger partial charge in [0, 0.05) is 14.7 Å². The van der Waals surface area contributed by atoms with Gasteiger partial charge in [-0.25, -0.2) is 13.8 Å². The molecule has 7 heteroatoms. The van der Waals surface area contributed by atoms with Crippen molar-refractivity contribution in [3.8, 4) is 0 Å². The summed E-state index contributed by atoms with van der Waals surface area (Å²) in [6.07, 6.45) is 0. The SMILES string of the molecule is C[Si](C)(C)CCOCn1c(=O)oc2c(Br)ccc(F)c21. The molecule has 2 aromatic rings. The van der Waals surface area contributed by atoms with E-state index in [4.69, 9.17) is 9.15 Å². The first kappa shape index (κ1) is 15.5. The Morgan fingerprint density at radius 1 is 1.40 bits per heavy atom. The highest BCUT2D eigenvalue weighted by molar-refractivity contribution is 9.10. The maximum atomic E-state index is 13.8. The molecule has 0 atom stereocenters. The van der Waals surface area contributed by atoms with Crippen LogP contribution < -0.4 is 5.76 Å². The van der Waals surface area contributed by atoms with Crippen molar-refractivity contribution in [3.63, 3.8) is 0 Å². The Bertz CT molecular complexity index is 675. The lowest BCUT2D eigenvalue weighted by atomic mass is 10.3. The second-order valence-electron chi connectivity index (χ2n) is 5.85. The number of benzene rings is 1. The zero-order chi connectivity index (χ0) is 14.9. The molecule has 4 nitrogen and oxygen atoms in total. The number of halogens is 2. The van der Waals surface area contributed by atoms with Crippen LogP contribution in [0.15, 0.2) is 25.8 Å². The summed E-state index contributed by atoms with van der Waals surface area (Å²) in [5.41, 5.74) is 0.348. The third-order valence-electron chi connectivity index (χ3n) is 2.93. The van der Waals surface area contributed by atoms with E-state index in [1.54, 1.807) is 0 Å². The number of fused-ring (bicyclic) bond motifs is 1. The number of ether oxygens (including phenoxy) is 1. The number of hydrogen-bond donors (Lipinski definition) is 0. The second-order valence-corrected chi connectivity index (χ2v) is 12.3. The lowest BCUT2D eigenvalue weighted by Crippen LogP contribution is -2.23. The van der Waals surface area contributed by atoms with Crippen LogP contribution in [0.1, 0.15) is 0 Å². The first-order valence-electron chi connectivity index (χ1n) is 6.35. The number of hydrogen-bond acceptors (Lipinski definition) is 3. The third kappa shape index (κ3) is 3.39. The van der Waals surface area contributed by atoms with Crippen molar-refractivity contribution >= 4 is 35.1 Å². The van der Waals surface area contributed by atoms with Gasteiger partial charge in [0.05, 0.1) is 4.47 Å². The van der Waals surface area contributed by atoms with Gasteiger partial charge in [0.1, 0.15) is 12.2 Å². The summed E-state index contributed by atoms with van der Waals surface area (Å²) < 4.78 is 26.1. The predicted octanol–water partition coefficient (Wildman–Crippen LogP) is 3.81. The average Bonchev–Trinajstić information content (AvgIpc) is 2.67. The van der Waals surface area contributed by atoms with Crippen molar-refractivity contribution in [2.75, 3.05) is 6.61 Å². The monoisotopic (exact) mass is 361 g/mol. The van der Waals surface area contributed by atoms with E-state index in [9.17, 15) is 9.18 Å². The lowest BCUT2D eigenvalue weighted by molar-refractivity contribution is 0.0847. The average molecular weight is 362 g/mol. The number of nitrogens with zero attached hydrogens (tertiary/aromatic N) is 1. The summed E-state index contributed by atoms with van der Waals surface area (Å²) in [5, 5.41) is 0. The number of oxazole rings is 1. The van der Waals surface area contributed by atoms with Gasteiger partial charge in [-0.1, -0.05) is 19.6 Å². The molecule has 0 spiro atoms. The minimum Gasteiger partial charge on any atom is -0.406 e. The van der Waals surface area contributed by atoms with E-state index in [-0.39, 0.29) is 17.8 Å². The van der Waals surface area contributed by atoms with Crippen LogP contribution in [0.2, 0.25) is 25.7 Å². The fraction of sp³-hybridized carbons (Fsp3) is 0.462. The van der Waals surface area contributed by atoms with Gasteiger partial charge in [-0.3, -0.25) is 0 Å². The largest absolute Gasteiger partial charge is 0.422 e. The molecule has 0 bridgehead atoms. The maximum Gasteiger partial charge on any atom is 0.422 e. The summed E-state index contributed by atoms with van der Waals surface area (Å²) in [6, 6.07) is 3.79. The smallest absolute Gasteiger partial charge is 0.406 e. The van der Waals surface area contributed by atoms with E-state index in [2.05, 4.69) is 35.6 Å². The van der Waals surface area contributed by atoms with Gasteiger partial charge in [0.25, 0.3) is 0 Å². The molecule has 110 valence electrons. The molecule has 0 aliphatic heterocycles. The van der Waals surface area contributed by atoms with Crippen molar-refractivity contribution in [1.82, 2.24) is 4.57 Å². The molecule has 0 amide bonds. The number of aromatic nitrogens is 1. The first-order valence-corrected chi connectivity index (χ1v) is 10.8. The van der Waals surface area contributed by atoms with E-state index < -0.39 is 19.6 Å². The molecule has 0 unspecified atom stereocenters. The van der Waals surface area contributed by atoms with Crippen LogP contribution in [0.3, 0.4) is 0 Å². The number of rotatable bonds is 5. The van der Waals surface area contributed by atoms with Crippen molar-refractivity contribution in [2.45, 2.75) is 32.4 Å². The topological polar surface area (TPSA) is 44.4 Å². The normalized spacial score (nSPS) is 12.2. The Kier molecular flexibility index (Phi) is 4.51. The highest BCUT2D eigenvalue weighted by atomic mass is 79.9. The fourth-order valence-corrected chi connectivity index (χ4v) is 2.91. The van der Waals surface area contributed by atoms with E-state index in [0.29, 0.717) is 11.1 Å². The van der Waals surface area contributed by atoms with Gasteiger partial charge in [0.2, 0.25) is 0 Å². The summed E-state index contributed by atoms with van der Waals surface area (Å²) in [7, 11) is -1.18. The zero-order valence-electron chi connectivity index (χ0n) is 11.7. The summed E-state index contributed by atoms with van der Waals surface area (Å²) >= 11 is 3.24. The van der Waals surface area contributed by atoms with E-state index in [1.165, 1.54) is 16.7 Å². The highest BCUT2D eigenvalue weighted by Gasteiger charge is 2.17. The molecule has 0 saturated heterocycles. The Morgan fingerprint density at radius 2 is 2.10 bits per heavy atom. The molecule has 20 heavy (non-hydrogen) atoms. The van der Waals surface area contributed by atoms with Crippen LogP contribution in [0.4, 0.5) is 4.39 Å². The maximum absolute atomic E-state index is 13.8. The molecular weight excluding hydrogens is 345 g/mol. The van der Waals surface area contributed by atoms with Crippen molar-refractivity contribution in [2.24, 2.45) is 0 Å². The third-order valence-corrected chi connectivity index (χ3v) is 5.26. The standard InChI is InChI=1S/C13H17BrFNO3Si/c1-20(2,3)7-6-18-8-16-11-10(15)5-4-9(14)12(11)19-13(16)17/h4-5H,6-8H2,1-3H3. The van der Waals surface area contributed by atoms with Gasteiger partial charge >= 0.3 is 5.76 Å². The zero-order valence-corrected chi connectivity index (χ0v) is 14.3. The Labute approximate surface area is 125 Å².